The summed E-state index contributed by atoms with van der Waals surface area (Å²) in [4.78, 5) is 2.17. The summed E-state index contributed by atoms with van der Waals surface area (Å²) in [5.74, 6) is 6.24. The lowest BCUT2D eigenvalue weighted by molar-refractivity contribution is 0.0353. The quantitative estimate of drug-likeness (QED) is 0.782. The Morgan fingerprint density at radius 2 is 2.05 bits per heavy atom. The van der Waals surface area contributed by atoms with Gasteiger partial charge in [-0.05, 0) is 38.1 Å². The molecule has 0 aromatic heterocycles. The molecular weight excluding hydrogens is 266 g/mol. The Bertz CT molecular complexity index is 509. The predicted molar refractivity (Wildman–Crippen MR) is 84.2 cm³/mol. The molecule has 0 spiro atoms. The summed E-state index contributed by atoms with van der Waals surface area (Å²) < 4.78 is 5.27. The molecule has 0 atom stereocenters. The SMILES string of the molecule is CCN(Cc1ccc(OC)c(C#CCO)c1)CC(C)(C)O. The molecule has 0 saturated heterocycles. The monoisotopic (exact) mass is 291 g/mol. The summed E-state index contributed by atoms with van der Waals surface area (Å²) in [5, 5.41) is 18.8. The molecular formula is C17H25NO3. The Kier molecular flexibility index (Phi) is 6.70. The summed E-state index contributed by atoms with van der Waals surface area (Å²) in [7, 11) is 1.60. The van der Waals surface area contributed by atoms with E-state index in [1.807, 2.05) is 32.0 Å². The number of hydrogen-bond donors (Lipinski definition) is 2. The van der Waals surface area contributed by atoms with Gasteiger partial charge in [0.1, 0.15) is 12.4 Å². The first-order chi connectivity index (χ1) is 9.89. The van der Waals surface area contributed by atoms with Crippen molar-refractivity contribution in [3.8, 4) is 17.6 Å². The molecule has 0 saturated carbocycles. The van der Waals surface area contributed by atoms with Gasteiger partial charge in [0.05, 0.1) is 18.3 Å². The molecule has 0 unspecified atom stereocenters. The van der Waals surface area contributed by atoms with Gasteiger partial charge in [-0.3, -0.25) is 4.90 Å². The van der Waals surface area contributed by atoms with Crippen LogP contribution in [0.25, 0.3) is 0 Å². The van der Waals surface area contributed by atoms with Gasteiger partial charge >= 0.3 is 0 Å². The molecule has 21 heavy (non-hydrogen) atoms. The second-order valence-corrected chi connectivity index (χ2v) is 5.61. The number of nitrogens with zero attached hydrogens (tertiary/aromatic N) is 1. The molecule has 0 aliphatic rings. The van der Waals surface area contributed by atoms with Crippen molar-refractivity contribution in [3.63, 3.8) is 0 Å². The molecule has 0 fully saturated rings. The molecule has 0 radical (unpaired) electrons. The standard InChI is InChI=1S/C17H25NO3/c1-5-18(13-17(2,3)20)12-14-8-9-16(21-4)15(11-14)7-6-10-19/h8-9,11,19-20H,5,10,12-13H2,1-4H3. The van der Waals surface area contributed by atoms with Crippen LogP contribution >= 0.6 is 0 Å². The number of likely N-dealkylation sites (N-methyl/N-ethyl adjacent to an activating group) is 1. The molecule has 0 amide bonds. The van der Waals surface area contributed by atoms with Crippen LogP contribution in [0.15, 0.2) is 18.2 Å². The van der Waals surface area contributed by atoms with Crippen molar-refractivity contribution in [1.82, 2.24) is 4.90 Å². The van der Waals surface area contributed by atoms with Crippen LogP contribution in [0, 0.1) is 11.8 Å². The van der Waals surface area contributed by atoms with Crippen LogP contribution in [-0.4, -0.2) is 47.5 Å². The molecule has 2 N–H and O–H groups in total. The first-order valence-electron chi connectivity index (χ1n) is 7.11. The Balaban J connectivity index is 2.92. The largest absolute Gasteiger partial charge is 0.495 e. The third-order valence-corrected chi connectivity index (χ3v) is 3.03. The number of aliphatic hydroxyl groups is 2. The number of methoxy groups -OCH3 is 1. The molecule has 4 nitrogen and oxygen atoms in total. The molecule has 0 aliphatic carbocycles. The van der Waals surface area contributed by atoms with Gasteiger partial charge in [-0.15, -0.1) is 0 Å². The predicted octanol–water partition coefficient (Wildman–Crippen LogP) is 1.63. The van der Waals surface area contributed by atoms with Crippen LogP contribution in [0.5, 0.6) is 5.75 Å². The topological polar surface area (TPSA) is 52.9 Å². The van der Waals surface area contributed by atoms with E-state index in [9.17, 15) is 5.11 Å². The lowest BCUT2D eigenvalue weighted by atomic mass is 10.1. The Morgan fingerprint density at radius 1 is 1.33 bits per heavy atom. The first kappa shape index (κ1) is 17.5. The summed E-state index contributed by atoms with van der Waals surface area (Å²) >= 11 is 0. The van der Waals surface area contributed by atoms with Gasteiger partial charge in [0, 0.05) is 13.1 Å². The van der Waals surface area contributed by atoms with E-state index in [1.165, 1.54) is 0 Å². The zero-order valence-electron chi connectivity index (χ0n) is 13.3. The number of rotatable bonds is 6. The van der Waals surface area contributed by atoms with Crippen LogP contribution in [0.2, 0.25) is 0 Å². The number of hydrogen-bond acceptors (Lipinski definition) is 4. The molecule has 0 bridgehead atoms. The van der Waals surface area contributed by atoms with Crippen LogP contribution in [0.3, 0.4) is 0 Å². The highest BCUT2D eigenvalue weighted by molar-refractivity contribution is 5.48. The number of aliphatic hydroxyl groups excluding tert-OH is 1. The zero-order valence-corrected chi connectivity index (χ0v) is 13.3. The maximum absolute atomic E-state index is 9.94. The fraction of sp³-hybridized carbons (Fsp3) is 0.529. The summed E-state index contributed by atoms with van der Waals surface area (Å²) in [6.45, 7) is 7.71. The Labute approximate surface area is 127 Å². The molecule has 1 aromatic carbocycles. The molecule has 0 heterocycles. The van der Waals surface area contributed by atoms with Crippen LogP contribution < -0.4 is 4.74 Å². The Hall–Kier alpha value is -1.54. The maximum Gasteiger partial charge on any atom is 0.134 e. The van der Waals surface area contributed by atoms with Gasteiger partial charge in [-0.1, -0.05) is 24.8 Å². The van der Waals surface area contributed by atoms with Gasteiger partial charge < -0.3 is 14.9 Å². The normalized spacial score (nSPS) is 11.2. The van der Waals surface area contributed by atoms with E-state index in [-0.39, 0.29) is 6.61 Å². The van der Waals surface area contributed by atoms with Gasteiger partial charge in [0.15, 0.2) is 0 Å². The Morgan fingerprint density at radius 3 is 2.57 bits per heavy atom. The van der Waals surface area contributed by atoms with E-state index in [0.717, 1.165) is 24.2 Å². The summed E-state index contributed by atoms with van der Waals surface area (Å²) in [6, 6.07) is 5.85. The third-order valence-electron chi connectivity index (χ3n) is 3.03. The van der Waals surface area contributed by atoms with E-state index < -0.39 is 5.60 Å². The summed E-state index contributed by atoms with van der Waals surface area (Å²) in [6.07, 6.45) is 0. The van der Waals surface area contributed by atoms with E-state index >= 15 is 0 Å². The molecule has 116 valence electrons. The van der Waals surface area contributed by atoms with E-state index in [4.69, 9.17) is 9.84 Å². The molecule has 1 rings (SSSR count). The van der Waals surface area contributed by atoms with Gasteiger partial charge in [-0.2, -0.15) is 0 Å². The number of ether oxygens (including phenoxy) is 1. The fourth-order valence-corrected chi connectivity index (χ4v) is 2.17. The second kappa shape index (κ2) is 8.04. The van der Waals surface area contributed by atoms with E-state index in [0.29, 0.717) is 12.3 Å². The average molecular weight is 291 g/mol. The minimum absolute atomic E-state index is 0.173. The van der Waals surface area contributed by atoms with E-state index in [2.05, 4.69) is 23.7 Å². The van der Waals surface area contributed by atoms with Crippen molar-refractivity contribution in [1.29, 1.82) is 0 Å². The van der Waals surface area contributed by atoms with Crippen molar-refractivity contribution in [2.45, 2.75) is 32.9 Å². The van der Waals surface area contributed by atoms with Crippen LogP contribution in [0.1, 0.15) is 31.9 Å². The van der Waals surface area contributed by atoms with Crippen molar-refractivity contribution in [2.75, 3.05) is 26.8 Å². The molecule has 4 heteroatoms. The molecule has 1 aromatic rings. The van der Waals surface area contributed by atoms with Crippen molar-refractivity contribution < 1.29 is 14.9 Å². The zero-order chi connectivity index (χ0) is 15.9. The minimum atomic E-state index is -0.720. The maximum atomic E-state index is 9.94. The third kappa shape index (κ3) is 6.17. The number of benzene rings is 1. The highest BCUT2D eigenvalue weighted by Gasteiger charge is 2.17. The first-order valence-corrected chi connectivity index (χ1v) is 7.11. The lowest BCUT2D eigenvalue weighted by Crippen LogP contribution is -2.38. The van der Waals surface area contributed by atoms with Crippen molar-refractivity contribution in [3.05, 3.63) is 29.3 Å². The van der Waals surface area contributed by atoms with Crippen molar-refractivity contribution >= 4 is 0 Å². The van der Waals surface area contributed by atoms with Gasteiger partial charge in [0.2, 0.25) is 0 Å². The fourth-order valence-electron chi connectivity index (χ4n) is 2.17. The minimum Gasteiger partial charge on any atom is -0.495 e. The average Bonchev–Trinajstić information content (AvgIpc) is 2.43. The second-order valence-electron chi connectivity index (χ2n) is 5.61. The van der Waals surface area contributed by atoms with Crippen molar-refractivity contribution in [2.24, 2.45) is 0 Å². The smallest absolute Gasteiger partial charge is 0.134 e. The summed E-state index contributed by atoms with van der Waals surface area (Å²) in [5.41, 5.74) is 1.15. The lowest BCUT2D eigenvalue weighted by Gasteiger charge is -2.28. The van der Waals surface area contributed by atoms with Crippen LogP contribution in [0.4, 0.5) is 0 Å². The van der Waals surface area contributed by atoms with Gasteiger partial charge in [0.25, 0.3) is 0 Å². The molecule has 0 aliphatic heterocycles. The highest BCUT2D eigenvalue weighted by atomic mass is 16.5. The highest BCUT2D eigenvalue weighted by Crippen LogP contribution is 2.20. The van der Waals surface area contributed by atoms with Gasteiger partial charge in [-0.25, -0.2) is 0 Å². The van der Waals surface area contributed by atoms with Crippen LogP contribution in [-0.2, 0) is 6.54 Å². The van der Waals surface area contributed by atoms with E-state index in [1.54, 1.807) is 7.11 Å².